The first-order valence-corrected chi connectivity index (χ1v) is 8.93. The van der Waals surface area contributed by atoms with Crippen molar-refractivity contribution in [3.63, 3.8) is 0 Å². The van der Waals surface area contributed by atoms with Gasteiger partial charge < -0.3 is 23.8 Å². The standard InChI is InChI=1S/C17H32NO4/c1-18(4-6-20-7-5-18)12-16(19)13-21-8-9-22-17-11-14-2-3-15(17)10-14/h14-17,19H,2-13H2,1H3/q+1/t14-,15-,16+,17-/m0/s1. The average Bonchev–Trinajstić information content (AvgIpc) is 3.09. The van der Waals surface area contributed by atoms with Gasteiger partial charge in [0, 0.05) is 0 Å². The maximum absolute atomic E-state index is 10.1. The van der Waals surface area contributed by atoms with E-state index in [1.807, 2.05) is 0 Å². The van der Waals surface area contributed by atoms with E-state index in [-0.39, 0.29) is 0 Å². The molecule has 5 heteroatoms. The summed E-state index contributed by atoms with van der Waals surface area (Å²) in [5.74, 6) is 1.73. The van der Waals surface area contributed by atoms with Crippen molar-refractivity contribution in [3.8, 4) is 0 Å². The number of hydrogen-bond acceptors (Lipinski definition) is 4. The van der Waals surface area contributed by atoms with E-state index in [0.29, 0.717) is 25.9 Å². The summed E-state index contributed by atoms with van der Waals surface area (Å²) in [4.78, 5) is 0. The Balaban J connectivity index is 1.24. The molecule has 2 bridgehead atoms. The van der Waals surface area contributed by atoms with Crippen molar-refractivity contribution in [2.24, 2.45) is 11.8 Å². The third-order valence-electron chi connectivity index (χ3n) is 5.75. The van der Waals surface area contributed by atoms with Gasteiger partial charge >= 0.3 is 0 Å². The van der Waals surface area contributed by atoms with Crippen LogP contribution in [0.25, 0.3) is 0 Å². The molecule has 2 saturated carbocycles. The molecule has 1 aliphatic heterocycles. The molecular formula is C17H32NO4+. The van der Waals surface area contributed by atoms with Crippen LogP contribution in [0.3, 0.4) is 0 Å². The minimum absolute atomic E-state index is 0.398. The summed E-state index contributed by atoms with van der Waals surface area (Å²) in [5.41, 5.74) is 0. The van der Waals surface area contributed by atoms with Gasteiger partial charge in [-0.1, -0.05) is 0 Å². The van der Waals surface area contributed by atoms with Gasteiger partial charge in [0.2, 0.25) is 0 Å². The van der Waals surface area contributed by atoms with Crippen molar-refractivity contribution in [1.82, 2.24) is 0 Å². The molecule has 4 atom stereocenters. The number of aliphatic hydroxyl groups excluding tert-OH is 1. The Morgan fingerprint density at radius 2 is 2.00 bits per heavy atom. The molecule has 0 amide bonds. The monoisotopic (exact) mass is 314 g/mol. The molecule has 1 saturated heterocycles. The average molecular weight is 314 g/mol. The number of likely N-dealkylation sites (N-methyl/N-ethyl adjacent to an activating group) is 1. The maximum atomic E-state index is 10.1. The van der Waals surface area contributed by atoms with Gasteiger partial charge in [0.1, 0.15) is 25.7 Å². The molecule has 0 unspecified atom stereocenters. The summed E-state index contributed by atoms with van der Waals surface area (Å²) >= 11 is 0. The van der Waals surface area contributed by atoms with Crippen molar-refractivity contribution in [2.75, 3.05) is 59.7 Å². The zero-order valence-electron chi connectivity index (χ0n) is 13.9. The summed E-state index contributed by atoms with van der Waals surface area (Å²) in [6.45, 7) is 5.96. The van der Waals surface area contributed by atoms with Crippen LogP contribution in [0.5, 0.6) is 0 Å². The fraction of sp³-hybridized carbons (Fsp3) is 1.00. The van der Waals surface area contributed by atoms with Gasteiger partial charge in [0.05, 0.1) is 46.2 Å². The van der Waals surface area contributed by atoms with E-state index in [2.05, 4.69) is 7.05 Å². The van der Waals surface area contributed by atoms with Crippen molar-refractivity contribution in [1.29, 1.82) is 0 Å². The number of morpholine rings is 1. The van der Waals surface area contributed by atoms with Crippen LogP contribution in [-0.2, 0) is 14.2 Å². The Morgan fingerprint density at radius 1 is 1.18 bits per heavy atom. The molecule has 2 aliphatic carbocycles. The summed E-state index contributed by atoms with van der Waals surface area (Å²) < 4.78 is 17.8. The molecule has 3 rings (SSSR count). The molecule has 128 valence electrons. The van der Waals surface area contributed by atoms with Gasteiger partial charge in [-0.25, -0.2) is 0 Å². The molecule has 22 heavy (non-hydrogen) atoms. The van der Waals surface area contributed by atoms with Crippen molar-refractivity contribution < 1.29 is 23.8 Å². The SMILES string of the molecule is C[N+]1(C[C@@H](O)COCCO[C@H]2C[C@H]3CC[C@H]2C3)CCOCC1. The molecule has 1 heterocycles. The highest BCUT2D eigenvalue weighted by Gasteiger charge is 2.40. The molecule has 0 radical (unpaired) electrons. The van der Waals surface area contributed by atoms with Crippen molar-refractivity contribution in [3.05, 3.63) is 0 Å². The lowest BCUT2D eigenvalue weighted by atomic mass is 9.98. The summed E-state index contributed by atoms with van der Waals surface area (Å²) in [7, 11) is 2.18. The van der Waals surface area contributed by atoms with Gasteiger partial charge in [0.15, 0.2) is 0 Å². The second kappa shape index (κ2) is 7.58. The molecule has 0 spiro atoms. The summed E-state index contributed by atoms with van der Waals surface area (Å²) in [6.07, 6.45) is 5.48. The Labute approximate surface area is 134 Å². The number of quaternary nitrogens is 1. The van der Waals surface area contributed by atoms with Crippen LogP contribution in [-0.4, -0.2) is 81.5 Å². The largest absolute Gasteiger partial charge is 0.385 e. The zero-order valence-corrected chi connectivity index (χ0v) is 13.9. The van der Waals surface area contributed by atoms with Crippen molar-refractivity contribution >= 4 is 0 Å². The number of fused-ring (bicyclic) bond motifs is 2. The molecule has 1 N–H and O–H groups in total. The van der Waals surface area contributed by atoms with E-state index < -0.39 is 6.10 Å². The summed E-state index contributed by atoms with van der Waals surface area (Å²) in [5, 5.41) is 10.1. The first-order valence-electron chi connectivity index (χ1n) is 8.93. The lowest BCUT2D eigenvalue weighted by Crippen LogP contribution is -2.55. The smallest absolute Gasteiger partial charge is 0.126 e. The van der Waals surface area contributed by atoms with E-state index in [9.17, 15) is 5.11 Å². The molecule has 3 aliphatic rings. The van der Waals surface area contributed by atoms with E-state index in [1.165, 1.54) is 25.7 Å². The summed E-state index contributed by atoms with van der Waals surface area (Å²) in [6, 6.07) is 0. The third kappa shape index (κ3) is 4.42. The van der Waals surface area contributed by atoms with Crippen LogP contribution in [0.2, 0.25) is 0 Å². The predicted molar refractivity (Wildman–Crippen MR) is 83.6 cm³/mol. The van der Waals surface area contributed by atoms with Crippen LogP contribution in [0.1, 0.15) is 25.7 Å². The van der Waals surface area contributed by atoms with E-state index in [1.54, 1.807) is 0 Å². The second-order valence-electron chi connectivity index (χ2n) is 7.67. The van der Waals surface area contributed by atoms with Gasteiger partial charge in [-0.3, -0.25) is 0 Å². The number of rotatable bonds is 8. The molecule has 5 nitrogen and oxygen atoms in total. The van der Waals surface area contributed by atoms with E-state index in [4.69, 9.17) is 14.2 Å². The highest BCUT2D eigenvalue weighted by molar-refractivity contribution is 4.90. The van der Waals surface area contributed by atoms with Gasteiger partial charge in [-0.15, -0.1) is 0 Å². The Bertz CT molecular complexity index is 346. The van der Waals surface area contributed by atoms with E-state index >= 15 is 0 Å². The highest BCUT2D eigenvalue weighted by atomic mass is 16.5. The minimum atomic E-state index is -0.398. The topological polar surface area (TPSA) is 47.9 Å². The van der Waals surface area contributed by atoms with Crippen LogP contribution in [0.4, 0.5) is 0 Å². The maximum Gasteiger partial charge on any atom is 0.126 e. The zero-order chi connectivity index (χ0) is 15.4. The molecule has 0 aromatic carbocycles. The van der Waals surface area contributed by atoms with Gasteiger partial charge in [0.25, 0.3) is 0 Å². The first kappa shape index (κ1) is 16.7. The quantitative estimate of drug-likeness (QED) is 0.537. The predicted octanol–water partition coefficient (Wildman–Crippen LogP) is 1.05. The number of nitrogens with zero attached hydrogens (tertiary/aromatic N) is 1. The number of aliphatic hydroxyl groups is 1. The van der Waals surface area contributed by atoms with Crippen LogP contribution < -0.4 is 0 Å². The van der Waals surface area contributed by atoms with E-state index in [0.717, 1.165) is 49.2 Å². The van der Waals surface area contributed by atoms with Crippen molar-refractivity contribution in [2.45, 2.75) is 37.9 Å². The number of hydrogen-bond donors (Lipinski definition) is 1. The Kier molecular flexibility index (Phi) is 5.74. The highest BCUT2D eigenvalue weighted by Crippen LogP contribution is 2.45. The fourth-order valence-corrected chi connectivity index (χ4v) is 4.40. The van der Waals surface area contributed by atoms with Gasteiger partial charge in [-0.2, -0.15) is 0 Å². The third-order valence-corrected chi connectivity index (χ3v) is 5.75. The Hall–Kier alpha value is -0.200. The fourth-order valence-electron chi connectivity index (χ4n) is 4.40. The second-order valence-corrected chi connectivity index (χ2v) is 7.67. The molecule has 0 aromatic rings. The normalized spacial score (nSPS) is 34.9. The van der Waals surface area contributed by atoms with Gasteiger partial charge in [-0.05, 0) is 37.5 Å². The molecule has 3 fully saturated rings. The lowest BCUT2D eigenvalue weighted by Gasteiger charge is -2.38. The van der Waals surface area contributed by atoms with Crippen LogP contribution in [0.15, 0.2) is 0 Å². The first-order chi connectivity index (χ1) is 10.6. The minimum Gasteiger partial charge on any atom is -0.385 e. The van der Waals surface area contributed by atoms with Crippen LogP contribution in [0, 0.1) is 11.8 Å². The molecular weight excluding hydrogens is 282 g/mol. The molecule has 0 aromatic heterocycles. The lowest BCUT2D eigenvalue weighted by molar-refractivity contribution is -0.919. The number of ether oxygens (including phenoxy) is 3. The Morgan fingerprint density at radius 3 is 2.68 bits per heavy atom. The van der Waals surface area contributed by atoms with Crippen LogP contribution >= 0.6 is 0 Å².